The van der Waals surface area contributed by atoms with Crippen LogP contribution in [0.1, 0.15) is 38.5 Å². The van der Waals surface area contributed by atoms with Crippen LogP contribution in [0.5, 0.6) is 0 Å². The standard InChI is InChI=1S/C17H23BrN4O2S/c1-2-3-8-19-17(23)12-5-4-9-22(10-12)11-15-20-16(21-24-15)13-6-7-14(18)25-13/h6-7,12H,2-5,8-11H2,1H3,(H,19,23). The molecule has 0 saturated carbocycles. The van der Waals surface area contributed by atoms with E-state index in [9.17, 15) is 4.79 Å². The summed E-state index contributed by atoms with van der Waals surface area (Å²) in [6.07, 6.45) is 4.10. The quantitative estimate of drug-likeness (QED) is 0.683. The van der Waals surface area contributed by atoms with Crippen LogP contribution in [0.15, 0.2) is 20.4 Å². The molecule has 136 valence electrons. The summed E-state index contributed by atoms with van der Waals surface area (Å²) < 4.78 is 6.44. The Hall–Kier alpha value is -1.25. The third kappa shape index (κ3) is 5.12. The van der Waals surface area contributed by atoms with E-state index >= 15 is 0 Å². The molecule has 8 heteroatoms. The number of carbonyl (C=O) groups excluding carboxylic acids is 1. The van der Waals surface area contributed by atoms with Crippen molar-refractivity contribution in [2.24, 2.45) is 5.92 Å². The van der Waals surface area contributed by atoms with Crippen molar-refractivity contribution in [3.05, 3.63) is 21.8 Å². The SMILES string of the molecule is CCCCNC(=O)C1CCCN(Cc2nc(-c3ccc(Br)s3)no2)C1. The number of likely N-dealkylation sites (tertiary alicyclic amines) is 1. The Kier molecular flexibility index (Phi) is 6.61. The highest BCUT2D eigenvalue weighted by Crippen LogP contribution is 2.29. The highest BCUT2D eigenvalue weighted by atomic mass is 79.9. The molecular formula is C17H23BrN4O2S. The van der Waals surface area contributed by atoms with E-state index in [2.05, 4.69) is 43.2 Å². The average Bonchev–Trinajstić information content (AvgIpc) is 3.24. The summed E-state index contributed by atoms with van der Waals surface area (Å²) >= 11 is 5.02. The molecule has 0 aliphatic carbocycles. The van der Waals surface area contributed by atoms with Gasteiger partial charge in [0, 0.05) is 13.1 Å². The van der Waals surface area contributed by atoms with E-state index in [0.717, 1.165) is 54.0 Å². The van der Waals surface area contributed by atoms with Gasteiger partial charge >= 0.3 is 0 Å². The van der Waals surface area contributed by atoms with Crippen LogP contribution < -0.4 is 5.32 Å². The molecule has 3 heterocycles. The van der Waals surface area contributed by atoms with Gasteiger partial charge in [-0.25, -0.2) is 0 Å². The number of carbonyl (C=O) groups is 1. The first kappa shape index (κ1) is 18.5. The number of thiophene rings is 1. The maximum Gasteiger partial charge on any atom is 0.241 e. The maximum atomic E-state index is 12.3. The van der Waals surface area contributed by atoms with Gasteiger partial charge in [0.15, 0.2) is 0 Å². The van der Waals surface area contributed by atoms with Crippen LogP contribution in [0.2, 0.25) is 0 Å². The van der Waals surface area contributed by atoms with Gasteiger partial charge in [-0.2, -0.15) is 4.98 Å². The van der Waals surface area contributed by atoms with E-state index in [1.54, 1.807) is 11.3 Å². The minimum atomic E-state index is 0.0567. The maximum absolute atomic E-state index is 12.3. The Balaban J connectivity index is 1.54. The predicted octanol–water partition coefficient (Wildman–Crippen LogP) is 3.69. The van der Waals surface area contributed by atoms with Crippen molar-refractivity contribution >= 4 is 33.2 Å². The molecular weight excluding hydrogens is 404 g/mol. The largest absolute Gasteiger partial charge is 0.356 e. The number of halogens is 1. The molecule has 0 aromatic carbocycles. The monoisotopic (exact) mass is 426 g/mol. The fraction of sp³-hybridized carbons (Fsp3) is 0.588. The van der Waals surface area contributed by atoms with Gasteiger partial charge in [0.25, 0.3) is 0 Å². The second kappa shape index (κ2) is 8.91. The number of aromatic nitrogens is 2. The van der Waals surface area contributed by atoms with E-state index in [1.165, 1.54) is 0 Å². The van der Waals surface area contributed by atoms with Gasteiger partial charge in [-0.3, -0.25) is 9.69 Å². The summed E-state index contributed by atoms with van der Waals surface area (Å²) in [7, 11) is 0. The Bertz CT molecular complexity index is 702. The molecule has 1 atom stereocenters. The zero-order valence-electron chi connectivity index (χ0n) is 14.3. The Morgan fingerprint density at radius 1 is 1.52 bits per heavy atom. The van der Waals surface area contributed by atoms with Crippen LogP contribution >= 0.6 is 27.3 Å². The van der Waals surface area contributed by atoms with Crippen molar-refractivity contribution in [1.29, 1.82) is 0 Å². The molecule has 1 aliphatic heterocycles. The molecule has 6 nitrogen and oxygen atoms in total. The molecule has 1 unspecified atom stereocenters. The summed E-state index contributed by atoms with van der Waals surface area (Å²) in [5.41, 5.74) is 0. The molecule has 3 rings (SSSR count). The molecule has 1 saturated heterocycles. The molecule has 1 N–H and O–H groups in total. The molecule has 0 spiro atoms. The number of hydrogen-bond acceptors (Lipinski definition) is 6. The zero-order valence-corrected chi connectivity index (χ0v) is 16.7. The van der Waals surface area contributed by atoms with Gasteiger partial charge < -0.3 is 9.84 Å². The highest BCUT2D eigenvalue weighted by Gasteiger charge is 2.26. The summed E-state index contributed by atoms with van der Waals surface area (Å²) in [5.74, 6) is 1.46. The van der Waals surface area contributed by atoms with Gasteiger partial charge in [-0.1, -0.05) is 18.5 Å². The van der Waals surface area contributed by atoms with Crippen molar-refractivity contribution in [3.63, 3.8) is 0 Å². The third-order valence-corrected chi connectivity index (χ3v) is 5.95. The number of nitrogens with zero attached hydrogens (tertiary/aromatic N) is 3. The molecule has 1 aliphatic rings. The topological polar surface area (TPSA) is 71.3 Å². The Morgan fingerprint density at radius 3 is 3.16 bits per heavy atom. The first-order valence-electron chi connectivity index (χ1n) is 8.74. The molecule has 1 fully saturated rings. The van der Waals surface area contributed by atoms with Crippen LogP contribution in [0.4, 0.5) is 0 Å². The number of nitrogens with one attached hydrogen (secondary N) is 1. The lowest BCUT2D eigenvalue weighted by Crippen LogP contribution is -2.42. The van der Waals surface area contributed by atoms with E-state index in [0.29, 0.717) is 18.3 Å². The molecule has 2 aromatic rings. The molecule has 0 bridgehead atoms. The minimum absolute atomic E-state index is 0.0567. The van der Waals surface area contributed by atoms with Gasteiger partial charge in [0.2, 0.25) is 17.6 Å². The van der Waals surface area contributed by atoms with Crippen molar-refractivity contribution in [2.45, 2.75) is 39.2 Å². The number of amides is 1. The zero-order chi connectivity index (χ0) is 17.6. The number of unbranched alkanes of at least 4 members (excludes halogenated alkanes) is 1. The van der Waals surface area contributed by atoms with Crippen LogP contribution in [0.25, 0.3) is 10.7 Å². The summed E-state index contributed by atoms with van der Waals surface area (Å²) in [6.45, 7) is 5.21. The number of rotatable bonds is 7. The smallest absolute Gasteiger partial charge is 0.241 e. The lowest BCUT2D eigenvalue weighted by molar-refractivity contribution is -0.126. The number of piperidine rings is 1. The third-order valence-electron chi connectivity index (χ3n) is 4.33. The fourth-order valence-corrected chi connectivity index (χ4v) is 4.30. The molecule has 25 heavy (non-hydrogen) atoms. The minimum Gasteiger partial charge on any atom is -0.356 e. The van der Waals surface area contributed by atoms with Crippen LogP contribution in [-0.2, 0) is 11.3 Å². The van der Waals surface area contributed by atoms with Gasteiger partial charge in [-0.05, 0) is 53.9 Å². The summed E-state index contributed by atoms with van der Waals surface area (Å²) in [5, 5.41) is 7.11. The first-order chi connectivity index (χ1) is 12.2. The Labute approximate surface area is 160 Å². The second-order valence-electron chi connectivity index (χ2n) is 6.33. The first-order valence-corrected chi connectivity index (χ1v) is 10.3. The summed E-state index contributed by atoms with van der Waals surface area (Å²) in [4.78, 5) is 20.0. The van der Waals surface area contributed by atoms with E-state index in [1.807, 2.05) is 12.1 Å². The molecule has 0 radical (unpaired) electrons. The van der Waals surface area contributed by atoms with Gasteiger partial charge in [-0.15, -0.1) is 11.3 Å². The lowest BCUT2D eigenvalue weighted by Gasteiger charge is -2.30. The lowest BCUT2D eigenvalue weighted by atomic mass is 9.97. The van der Waals surface area contributed by atoms with Gasteiger partial charge in [0.05, 0.1) is 21.1 Å². The average molecular weight is 427 g/mol. The highest BCUT2D eigenvalue weighted by molar-refractivity contribution is 9.11. The van der Waals surface area contributed by atoms with Crippen LogP contribution in [-0.4, -0.2) is 40.6 Å². The van der Waals surface area contributed by atoms with Crippen LogP contribution in [0.3, 0.4) is 0 Å². The fourth-order valence-electron chi connectivity index (χ4n) is 2.99. The van der Waals surface area contributed by atoms with E-state index in [-0.39, 0.29) is 11.8 Å². The summed E-state index contributed by atoms with van der Waals surface area (Å²) in [6, 6.07) is 3.95. The number of hydrogen-bond donors (Lipinski definition) is 1. The second-order valence-corrected chi connectivity index (χ2v) is 8.80. The van der Waals surface area contributed by atoms with Gasteiger partial charge in [0.1, 0.15) is 0 Å². The van der Waals surface area contributed by atoms with Crippen molar-refractivity contribution < 1.29 is 9.32 Å². The molecule has 1 amide bonds. The van der Waals surface area contributed by atoms with Crippen LogP contribution in [0, 0.1) is 5.92 Å². The molecule has 2 aromatic heterocycles. The van der Waals surface area contributed by atoms with Crippen molar-refractivity contribution in [3.8, 4) is 10.7 Å². The van der Waals surface area contributed by atoms with E-state index < -0.39 is 0 Å². The van der Waals surface area contributed by atoms with Crippen molar-refractivity contribution in [2.75, 3.05) is 19.6 Å². The van der Waals surface area contributed by atoms with E-state index in [4.69, 9.17) is 4.52 Å². The normalized spacial score (nSPS) is 18.4. The van der Waals surface area contributed by atoms with Crippen molar-refractivity contribution in [1.82, 2.24) is 20.4 Å². The predicted molar refractivity (Wildman–Crippen MR) is 101 cm³/mol. The Morgan fingerprint density at radius 2 is 2.40 bits per heavy atom.